The van der Waals surface area contributed by atoms with E-state index in [9.17, 15) is 8.42 Å². The van der Waals surface area contributed by atoms with E-state index in [1.807, 2.05) is 38.1 Å². The minimum Gasteiger partial charge on any atom is -0.399 e. The maximum absolute atomic E-state index is 12.3. The lowest BCUT2D eigenvalue weighted by Gasteiger charge is -2.16. The minimum absolute atomic E-state index is 0.0751. The number of benzene rings is 2. The van der Waals surface area contributed by atoms with E-state index in [-0.39, 0.29) is 11.8 Å². The first-order valence-corrected chi connectivity index (χ1v) is 8.42. The Morgan fingerprint density at radius 1 is 1.14 bits per heavy atom. The van der Waals surface area contributed by atoms with Crippen LogP contribution >= 0.6 is 0 Å². The van der Waals surface area contributed by atoms with Crippen LogP contribution in [0.5, 0.6) is 0 Å². The van der Waals surface area contributed by atoms with Gasteiger partial charge in [-0.1, -0.05) is 36.4 Å². The first-order chi connectivity index (χ1) is 9.87. The predicted octanol–water partition coefficient (Wildman–Crippen LogP) is 2.76. The molecule has 3 N–H and O–H groups in total. The topological polar surface area (TPSA) is 72.2 Å². The standard InChI is InChI=1S/C16H20N2O2S/c1-12-6-3-4-9-16(12)13(2)18-21(19,20)11-14-7-5-8-15(17)10-14/h3-10,13,18H,11,17H2,1-2H3. The Morgan fingerprint density at radius 3 is 2.52 bits per heavy atom. The molecule has 0 radical (unpaired) electrons. The van der Waals surface area contributed by atoms with Gasteiger partial charge in [-0.05, 0) is 42.7 Å². The Morgan fingerprint density at radius 2 is 1.86 bits per heavy atom. The lowest BCUT2D eigenvalue weighted by molar-refractivity contribution is 0.565. The molecule has 5 heteroatoms. The molecule has 0 amide bonds. The van der Waals surface area contributed by atoms with Crippen LogP contribution in [0.4, 0.5) is 5.69 Å². The third-order valence-electron chi connectivity index (χ3n) is 3.32. The summed E-state index contributed by atoms with van der Waals surface area (Å²) in [6, 6.07) is 14.4. The van der Waals surface area contributed by atoms with E-state index in [0.29, 0.717) is 11.3 Å². The van der Waals surface area contributed by atoms with Crippen molar-refractivity contribution >= 4 is 15.7 Å². The van der Waals surface area contributed by atoms with Crippen molar-refractivity contribution in [2.24, 2.45) is 0 Å². The Balaban J connectivity index is 2.12. The van der Waals surface area contributed by atoms with E-state index >= 15 is 0 Å². The second kappa shape index (κ2) is 6.28. The number of rotatable bonds is 5. The Labute approximate surface area is 126 Å². The molecule has 0 saturated heterocycles. The van der Waals surface area contributed by atoms with Crippen molar-refractivity contribution in [3.8, 4) is 0 Å². The lowest BCUT2D eigenvalue weighted by Crippen LogP contribution is -2.28. The third-order valence-corrected chi connectivity index (χ3v) is 4.75. The minimum atomic E-state index is -3.42. The van der Waals surface area contributed by atoms with Crippen molar-refractivity contribution in [2.45, 2.75) is 25.6 Å². The summed E-state index contributed by atoms with van der Waals surface area (Å²) in [4.78, 5) is 0. The van der Waals surface area contributed by atoms with Gasteiger partial charge in [0.05, 0.1) is 5.75 Å². The number of hydrogen-bond acceptors (Lipinski definition) is 3. The molecule has 1 atom stereocenters. The van der Waals surface area contributed by atoms with E-state index in [1.54, 1.807) is 24.3 Å². The summed E-state index contributed by atoms with van der Waals surface area (Å²) in [6.07, 6.45) is 0. The molecule has 0 saturated carbocycles. The molecule has 112 valence electrons. The number of hydrogen-bond donors (Lipinski definition) is 2. The van der Waals surface area contributed by atoms with Gasteiger partial charge in [-0.2, -0.15) is 0 Å². The van der Waals surface area contributed by atoms with Crippen LogP contribution in [0.1, 0.15) is 29.7 Å². The van der Waals surface area contributed by atoms with Crippen molar-refractivity contribution in [1.82, 2.24) is 4.72 Å². The Kier molecular flexibility index (Phi) is 4.65. The molecule has 0 spiro atoms. The largest absolute Gasteiger partial charge is 0.399 e. The SMILES string of the molecule is Cc1ccccc1C(C)NS(=O)(=O)Cc1cccc(N)c1. The quantitative estimate of drug-likeness (QED) is 0.834. The van der Waals surface area contributed by atoms with Gasteiger partial charge in [-0.15, -0.1) is 0 Å². The van der Waals surface area contributed by atoms with Gasteiger partial charge in [0.2, 0.25) is 10.0 Å². The fourth-order valence-electron chi connectivity index (χ4n) is 2.35. The number of nitrogens with two attached hydrogens (primary N) is 1. The van der Waals surface area contributed by atoms with Crippen LogP contribution in [0.3, 0.4) is 0 Å². The maximum atomic E-state index is 12.3. The van der Waals surface area contributed by atoms with Crippen LogP contribution in [-0.4, -0.2) is 8.42 Å². The summed E-state index contributed by atoms with van der Waals surface area (Å²) >= 11 is 0. The number of anilines is 1. The molecule has 0 heterocycles. The normalized spacial score (nSPS) is 13.0. The van der Waals surface area contributed by atoms with Crippen LogP contribution in [0, 0.1) is 6.92 Å². The summed E-state index contributed by atoms with van der Waals surface area (Å²) in [5.41, 5.74) is 8.97. The number of aryl methyl sites for hydroxylation is 1. The highest BCUT2D eigenvalue weighted by atomic mass is 32.2. The molecule has 2 rings (SSSR count). The summed E-state index contributed by atoms with van der Waals surface area (Å²) < 4.78 is 27.2. The molecule has 2 aromatic carbocycles. The smallest absolute Gasteiger partial charge is 0.216 e. The van der Waals surface area contributed by atoms with Crippen molar-refractivity contribution < 1.29 is 8.42 Å². The summed E-state index contributed by atoms with van der Waals surface area (Å²) in [5, 5.41) is 0. The zero-order chi connectivity index (χ0) is 15.5. The van der Waals surface area contributed by atoms with Crippen molar-refractivity contribution in [3.63, 3.8) is 0 Å². The van der Waals surface area contributed by atoms with E-state index in [2.05, 4.69) is 4.72 Å². The zero-order valence-electron chi connectivity index (χ0n) is 12.2. The molecular weight excluding hydrogens is 284 g/mol. The van der Waals surface area contributed by atoms with Crippen LogP contribution in [0.2, 0.25) is 0 Å². The van der Waals surface area contributed by atoms with Crippen LogP contribution < -0.4 is 10.5 Å². The molecule has 21 heavy (non-hydrogen) atoms. The average Bonchev–Trinajstić information content (AvgIpc) is 2.37. The van der Waals surface area contributed by atoms with Crippen LogP contribution in [0.25, 0.3) is 0 Å². The fourth-order valence-corrected chi connectivity index (χ4v) is 3.72. The van der Waals surface area contributed by atoms with Crippen molar-refractivity contribution in [3.05, 3.63) is 65.2 Å². The van der Waals surface area contributed by atoms with Gasteiger partial charge in [0.1, 0.15) is 0 Å². The maximum Gasteiger partial charge on any atom is 0.216 e. The van der Waals surface area contributed by atoms with Crippen LogP contribution in [-0.2, 0) is 15.8 Å². The van der Waals surface area contributed by atoms with Gasteiger partial charge >= 0.3 is 0 Å². The summed E-state index contributed by atoms with van der Waals surface area (Å²) in [7, 11) is -3.42. The van der Waals surface area contributed by atoms with E-state index in [4.69, 9.17) is 5.73 Å². The molecular formula is C16H20N2O2S. The van der Waals surface area contributed by atoms with Gasteiger partial charge in [0, 0.05) is 11.7 Å². The van der Waals surface area contributed by atoms with E-state index in [1.165, 1.54) is 0 Å². The van der Waals surface area contributed by atoms with Gasteiger partial charge in [0.15, 0.2) is 0 Å². The van der Waals surface area contributed by atoms with E-state index < -0.39 is 10.0 Å². The molecule has 1 unspecified atom stereocenters. The second-order valence-electron chi connectivity index (χ2n) is 5.20. The Bertz CT molecular complexity index is 727. The first-order valence-electron chi connectivity index (χ1n) is 6.77. The number of nitrogen functional groups attached to an aromatic ring is 1. The molecule has 0 fully saturated rings. The molecule has 4 nitrogen and oxygen atoms in total. The molecule has 0 aliphatic rings. The number of sulfonamides is 1. The van der Waals surface area contributed by atoms with E-state index in [0.717, 1.165) is 11.1 Å². The monoisotopic (exact) mass is 304 g/mol. The highest BCUT2D eigenvalue weighted by Crippen LogP contribution is 2.19. The van der Waals surface area contributed by atoms with Gasteiger partial charge in [-0.25, -0.2) is 13.1 Å². The van der Waals surface area contributed by atoms with Gasteiger partial charge in [0.25, 0.3) is 0 Å². The first kappa shape index (κ1) is 15.5. The fraction of sp³-hybridized carbons (Fsp3) is 0.250. The van der Waals surface area contributed by atoms with Gasteiger partial charge in [-0.3, -0.25) is 0 Å². The Hall–Kier alpha value is -1.85. The average molecular weight is 304 g/mol. The summed E-state index contributed by atoms with van der Waals surface area (Å²) in [6.45, 7) is 3.82. The summed E-state index contributed by atoms with van der Waals surface area (Å²) in [5.74, 6) is -0.0751. The number of nitrogens with one attached hydrogen (secondary N) is 1. The molecule has 0 bridgehead atoms. The highest BCUT2D eigenvalue weighted by molar-refractivity contribution is 7.88. The molecule has 2 aromatic rings. The molecule has 0 aromatic heterocycles. The van der Waals surface area contributed by atoms with Crippen molar-refractivity contribution in [1.29, 1.82) is 0 Å². The van der Waals surface area contributed by atoms with Crippen LogP contribution in [0.15, 0.2) is 48.5 Å². The third kappa shape index (κ3) is 4.31. The second-order valence-corrected chi connectivity index (χ2v) is 6.95. The zero-order valence-corrected chi connectivity index (χ0v) is 13.0. The predicted molar refractivity (Wildman–Crippen MR) is 86.2 cm³/mol. The van der Waals surface area contributed by atoms with Crippen molar-refractivity contribution in [2.75, 3.05) is 5.73 Å². The molecule has 0 aliphatic carbocycles. The molecule has 0 aliphatic heterocycles. The lowest BCUT2D eigenvalue weighted by atomic mass is 10.0. The highest BCUT2D eigenvalue weighted by Gasteiger charge is 2.17. The van der Waals surface area contributed by atoms with Gasteiger partial charge < -0.3 is 5.73 Å².